The van der Waals surface area contributed by atoms with Crippen molar-refractivity contribution in [3.8, 4) is 0 Å². The molecule has 0 saturated heterocycles. The number of aliphatic hydroxyl groups is 1. The lowest BCUT2D eigenvalue weighted by molar-refractivity contribution is -0.145. The van der Waals surface area contributed by atoms with Gasteiger partial charge < -0.3 is 10.2 Å². The molecule has 0 radical (unpaired) electrons. The summed E-state index contributed by atoms with van der Waals surface area (Å²) in [4.78, 5) is 11.7. The minimum absolute atomic E-state index is 0.162. The molecular weight excluding hydrogens is 250 g/mol. The summed E-state index contributed by atoms with van der Waals surface area (Å²) in [6, 6.07) is 0.162. The Balaban J connectivity index is 2.67. The van der Waals surface area contributed by atoms with E-state index in [1.807, 2.05) is 20.8 Å². The molecule has 1 saturated carbocycles. The van der Waals surface area contributed by atoms with Gasteiger partial charge in [0.05, 0.1) is 0 Å². The third kappa shape index (κ3) is 4.14. The molecule has 18 heavy (non-hydrogen) atoms. The molecule has 4 nitrogen and oxygen atoms in total. The molecule has 3 N–H and O–H groups in total. The summed E-state index contributed by atoms with van der Waals surface area (Å²) in [5, 5.41) is 22.1. The first-order valence-corrected chi connectivity index (χ1v) is 7.70. The number of aliphatic hydroxyl groups excluding tert-OH is 1. The van der Waals surface area contributed by atoms with Gasteiger partial charge in [0.2, 0.25) is 0 Å². The second-order valence-corrected chi connectivity index (χ2v) is 6.91. The minimum atomic E-state index is -0.789. The molecule has 2 atom stereocenters. The Morgan fingerprint density at radius 3 is 2.44 bits per heavy atom. The zero-order valence-corrected chi connectivity index (χ0v) is 12.3. The molecule has 0 heterocycles. The van der Waals surface area contributed by atoms with Gasteiger partial charge in [-0.1, -0.05) is 6.92 Å². The third-order valence-electron chi connectivity index (χ3n) is 3.33. The zero-order chi connectivity index (χ0) is 13.8. The molecule has 5 heteroatoms. The van der Waals surface area contributed by atoms with E-state index >= 15 is 0 Å². The van der Waals surface area contributed by atoms with Gasteiger partial charge in [-0.25, -0.2) is 0 Å². The van der Waals surface area contributed by atoms with Crippen LogP contribution in [0.5, 0.6) is 0 Å². The predicted molar refractivity (Wildman–Crippen MR) is 75.0 cm³/mol. The molecule has 2 unspecified atom stereocenters. The average Bonchev–Trinajstić information content (AvgIpc) is 3.07. The van der Waals surface area contributed by atoms with Crippen molar-refractivity contribution >= 4 is 17.7 Å². The van der Waals surface area contributed by atoms with Crippen molar-refractivity contribution in [3.05, 3.63) is 0 Å². The summed E-state index contributed by atoms with van der Waals surface area (Å²) in [7, 11) is 0. The maximum atomic E-state index is 11.7. The topological polar surface area (TPSA) is 69.6 Å². The lowest BCUT2D eigenvalue weighted by Gasteiger charge is -2.33. The molecule has 1 aliphatic rings. The van der Waals surface area contributed by atoms with Crippen LogP contribution < -0.4 is 5.32 Å². The Morgan fingerprint density at radius 1 is 1.44 bits per heavy atom. The highest BCUT2D eigenvalue weighted by atomic mass is 32.2. The number of carboxylic acids is 1. The van der Waals surface area contributed by atoms with Gasteiger partial charge in [0.15, 0.2) is 0 Å². The van der Waals surface area contributed by atoms with Crippen LogP contribution in [0.15, 0.2) is 0 Å². The first kappa shape index (κ1) is 15.8. The molecule has 1 fully saturated rings. The van der Waals surface area contributed by atoms with Crippen molar-refractivity contribution in [3.63, 3.8) is 0 Å². The van der Waals surface area contributed by atoms with E-state index in [0.717, 1.165) is 12.8 Å². The SMILES string of the molecule is CC(C)NC(CSC(C)CCO)(C(=O)O)C1CC1. The normalized spacial score (nSPS) is 20.7. The molecule has 106 valence electrons. The van der Waals surface area contributed by atoms with Crippen molar-refractivity contribution in [1.29, 1.82) is 0 Å². The Hall–Kier alpha value is -0.260. The summed E-state index contributed by atoms with van der Waals surface area (Å²) in [6.07, 6.45) is 2.72. The largest absolute Gasteiger partial charge is 0.480 e. The van der Waals surface area contributed by atoms with Crippen LogP contribution in [-0.4, -0.2) is 45.4 Å². The van der Waals surface area contributed by atoms with Crippen LogP contribution in [0.1, 0.15) is 40.0 Å². The molecular formula is C13H25NO3S. The van der Waals surface area contributed by atoms with E-state index in [2.05, 4.69) is 5.32 Å². The van der Waals surface area contributed by atoms with Crippen molar-refractivity contribution in [2.24, 2.45) is 5.92 Å². The minimum Gasteiger partial charge on any atom is -0.480 e. The van der Waals surface area contributed by atoms with Crippen molar-refractivity contribution in [2.75, 3.05) is 12.4 Å². The van der Waals surface area contributed by atoms with Crippen molar-refractivity contribution in [1.82, 2.24) is 5.32 Å². The Kier molecular flexibility index (Phi) is 5.95. The van der Waals surface area contributed by atoms with Crippen LogP contribution >= 0.6 is 11.8 Å². The average molecular weight is 275 g/mol. The second kappa shape index (κ2) is 6.78. The van der Waals surface area contributed by atoms with Crippen LogP contribution in [0, 0.1) is 5.92 Å². The first-order chi connectivity index (χ1) is 8.42. The van der Waals surface area contributed by atoms with Gasteiger partial charge in [-0.05, 0) is 39.0 Å². The van der Waals surface area contributed by atoms with Crippen LogP contribution in [0.2, 0.25) is 0 Å². The maximum Gasteiger partial charge on any atom is 0.325 e. The van der Waals surface area contributed by atoms with Crippen LogP contribution in [0.25, 0.3) is 0 Å². The van der Waals surface area contributed by atoms with Crippen molar-refractivity contribution < 1.29 is 15.0 Å². The Morgan fingerprint density at radius 2 is 2.06 bits per heavy atom. The number of hydrogen-bond donors (Lipinski definition) is 3. The van der Waals surface area contributed by atoms with Gasteiger partial charge in [-0.2, -0.15) is 11.8 Å². The number of carbonyl (C=O) groups is 1. The molecule has 0 bridgehead atoms. The van der Waals surface area contributed by atoms with Gasteiger partial charge >= 0.3 is 5.97 Å². The van der Waals surface area contributed by atoms with Gasteiger partial charge in [-0.3, -0.25) is 10.1 Å². The number of nitrogens with one attached hydrogen (secondary N) is 1. The molecule has 1 aliphatic carbocycles. The van der Waals surface area contributed by atoms with E-state index in [4.69, 9.17) is 5.11 Å². The third-order valence-corrected chi connectivity index (χ3v) is 4.76. The fourth-order valence-electron chi connectivity index (χ4n) is 2.21. The summed E-state index contributed by atoms with van der Waals surface area (Å²) in [5.41, 5.74) is -0.789. The molecule has 0 aliphatic heterocycles. The van der Waals surface area contributed by atoms with E-state index in [-0.39, 0.29) is 18.6 Å². The fraction of sp³-hybridized carbons (Fsp3) is 0.923. The molecule has 0 aromatic rings. The summed E-state index contributed by atoms with van der Waals surface area (Å²) >= 11 is 1.64. The van der Waals surface area contributed by atoms with Gasteiger partial charge in [0.1, 0.15) is 5.54 Å². The Bertz CT molecular complexity index is 281. The zero-order valence-electron chi connectivity index (χ0n) is 11.5. The van der Waals surface area contributed by atoms with E-state index in [1.54, 1.807) is 11.8 Å². The first-order valence-electron chi connectivity index (χ1n) is 6.66. The highest BCUT2D eigenvalue weighted by Gasteiger charge is 2.51. The lowest BCUT2D eigenvalue weighted by Crippen LogP contribution is -2.58. The molecule has 0 aromatic heterocycles. The number of thioether (sulfide) groups is 1. The summed E-state index contributed by atoms with van der Waals surface area (Å²) in [5.74, 6) is 0.0976. The van der Waals surface area contributed by atoms with Crippen LogP contribution in [-0.2, 0) is 4.79 Å². The van der Waals surface area contributed by atoms with E-state index in [1.165, 1.54) is 0 Å². The number of hydrogen-bond acceptors (Lipinski definition) is 4. The standard InChI is InChI=1S/C13H25NO3S/c1-9(2)14-13(12(16)17,11-4-5-11)8-18-10(3)6-7-15/h9-11,14-15H,4-8H2,1-3H3,(H,16,17). The Labute approximate surface area is 114 Å². The number of aliphatic carboxylic acids is 1. The van der Waals surface area contributed by atoms with E-state index in [9.17, 15) is 9.90 Å². The smallest absolute Gasteiger partial charge is 0.325 e. The van der Waals surface area contributed by atoms with E-state index < -0.39 is 11.5 Å². The molecule has 0 aromatic carbocycles. The molecule has 0 spiro atoms. The van der Waals surface area contributed by atoms with Crippen molar-refractivity contribution in [2.45, 2.75) is 56.9 Å². The van der Waals surface area contributed by atoms with Crippen LogP contribution in [0.3, 0.4) is 0 Å². The van der Waals surface area contributed by atoms with E-state index in [0.29, 0.717) is 17.4 Å². The number of rotatable bonds is 9. The van der Waals surface area contributed by atoms with Gasteiger partial charge in [0, 0.05) is 23.7 Å². The monoisotopic (exact) mass is 275 g/mol. The maximum absolute atomic E-state index is 11.7. The highest BCUT2D eigenvalue weighted by Crippen LogP contribution is 2.42. The lowest BCUT2D eigenvalue weighted by atomic mass is 9.94. The predicted octanol–water partition coefficient (Wildman–Crippen LogP) is 1.72. The second-order valence-electron chi connectivity index (χ2n) is 5.48. The summed E-state index contributed by atoms with van der Waals surface area (Å²) < 4.78 is 0. The molecule has 1 rings (SSSR count). The summed E-state index contributed by atoms with van der Waals surface area (Å²) in [6.45, 7) is 6.18. The van der Waals surface area contributed by atoms with Gasteiger partial charge in [-0.15, -0.1) is 0 Å². The highest BCUT2D eigenvalue weighted by molar-refractivity contribution is 8.00. The van der Waals surface area contributed by atoms with Gasteiger partial charge in [0.25, 0.3) is 0 Å². The van der Waals surface area contributed by atoms with Crippen LogP contribution in [0.4, 0.5) is 0 Å². The number of carboxylic acid groups (broad SMARTS) is 1. The fourth-order valence-corrected chi connectivity index (χ4v) is 3.47. The molecule has 0 amide bonds. The quantitative estimate of drug-likeness (QED) is 0.598.